The van der Waals surface area contributed by atoms with E-state index in [0.717, 1.165) is 21.1 Å². The Hall–Kier alpha value is -2.87. The van der Waals surface area contributed by atoms with Crippen molar-refractivity contribution in [2.24, 2.45) is 7.05 Å². The van der Waals surface area contributed by atoms with Gasteiger partial charge in [0, 0.05) is 25.6 Å². The van der Waals surface area contributed by atoms with E-state index in [0.29, 0.717) is 5.82 Å². The number of fused-ring (bicyclic) bond motifs is 1. The summed E-state index contributed by atoms with van der Waals surface area (Å²) < 4.78 is 3.47. The van der Waals surface area contributed by atoms with Gasteiger partial charge in [0.2, 0.25) is 4.96 Å². The lowest BCUT2D eigenvalue weighted by atomic mass is 10.3. The SMILES string of the molecule is Cn1cc(-c2nnc3sc(C=Cc4cccnc4)nn23)cn1. The lowest BCUT2D eigenvalue weighted by molar-refractivity contribution is 0.768. The van der Waals surface area contributed by atoms with Crippen LogP contribution in [0.25, 0.3) is 28.5 Å². The van der Waals surface area contributed by atoms with Crippen molar-refractivity contribution in [2.75, 3.05) is 0 Å². The summed E-state index contributed by atoms with van der Waals surface area (Å²) in [5.74, 6) is 0.695. The van der Waals surface area contributed by atoms with E-state index < -0.39 is 0 Å². The Morgan fingerprint density at radius 3 is 2.91 bits per heavy atom. The second-order valence-corrected chi connectivity index (χ2v) is 5.67. The molecule has 4 aromatic heterocycles. The molecule has 4 heterocycles. The predicted octanol–water partition coefficient (Wildman–Crippen LogP) is 2.15. The minimum absolute atomic E-state index is 0.695. The molecule has 0 radical (unpaired) electrons. The van der Waals surface area contributed by atoms with Gasteiger partial charge >= 0.3 is 0 Å². The van der Waals surface area contributed by atoms with Gasteiger partial charge in [0.25, 0.3) is 0 Å². The van der Waals surface area contributed by atoms with Crippen molar-refractivity contribution in [3.05, 3.63) is 47.5 Å². The highest BCUT2D eigenvalue weighted by atomic mass is 32.1. The number of aryl methyl sites for hydroxylation is 1. The van der Waals surface area contributed by atoms with Gasteiger partial charge in [0.1, 0.15) is 5.01 Å². The molecule has 4 aromatic rings. The first-order valence-electron chi connectivity index (χ1n) is 6.59. The van der Waals surface area contributed by atoms with Crippen LogP contribution >= 0.6 is 11.3 Å². The minimum atomic E-state index is 0.695. The zero-order valence-corrected chi connectivity index (χ0v) is 12.5. The Morgan fingerprint density at radius 1 is 1.18 bits per heavy atom. The van der Waals surface area contributed by atoms with Crippen LogP contribution in [-0.2, 0) is 7.05 Å². The van der Waals surface area contributed by atoms with E-state index in [1.165, 1.54) is 11.3 Å². The maximum absolute atomic E-state index is 4.54. The molecule has 0 aliphatic carbocycles. The number of hydrogen-bond acceptors (Lipinski definition) is 6. The number of aromatic nitrogens is 7. The van der Waals surface area contributed by atoms with Gasteiger partial charge in [0.05, 0.1) is 11.8 Å². The fraction of sp³-hybridized carbons (Fsp3) is 0.0714. The smallest absolute Gasteiger partial charge is 0.235 e. The lowest BCUT2D eigenvalue weighted by Crippen LogP contribution is -1.89. The van der Waals surface area contributed by atoms with Crippen molar-refractivity contribution in [1.29, 1.82) is 0 Å². The van der Waals surface area contributed by atoms with E-state index >= 15 is 0 Å². The monoisotopic (exact) mass is 309 g/mol. The number of pyridine rings is 1. The van der Waals surface area contributed by atoms with E-state index in [1.807, 2.05) is 37.5 Å². The first-order chi connectivity index (χ1) is 10.8. The molecule has 0 aliphatic rings. The molecule has 0 aromatic carbocycles. The molecule has 0 N–H and O–H groups in total. The molecule has 22 heavy (non-hydrogen) atoms. The third kappa shape index (κ3) is 2.29. The van der Waals surface area contributed by atoms with E-state index in [9.17, 15) is 0 Å². The average molecular weight is 309 g/mol. The molecule has 0 spiro atoms. The molecule has 0 saturated heterocycles. The Kier molecular flexibility index (Phi) is 3.01. The third-order valence-electron chi connectivity index (χ3n) is 3.07. The van der Waals surface area contributed by atoms with E-state index in [2.05, 4.69) is 25.4 Å². The maximum atomic E-state index is 4.54. The molecule has 0 bridgehead atoms. The van der Waals surface area contributed by atoms with Crippen LogP contribution in [0.5, 0.6) is 0 Å². The van der Waals surface area contributed by atoms with Gasteiger partial charge in [-0.2, -0.15) is 14.7 Å². The lowest BCUT2D eigenvalue weighted by Gasteiger charge is -1.90. The molecule has 4 rings (SSSR count). The maximum Gasteiger partial charge on any atom is 0.235 e. The van der Waals surface area contributed by atoms with Crippen LogP contribution in [0.4, 0.5) is 0 Å². The summed E-state index contributed by atoms with van der Waals surface area (Å²) in [6.07, 6.45) is 11.1. The molecule has 7 nitrogen and oxygen atoms in total. The molecule has 108 valence electrons. The van der Waals surface area contributed by atoms with Crippen LogP contribution in [0.3, 0.4) is 0 Å². The second-order valence-electron chi connectivity index (χ2n) is 4.68. The van der Waals surface area contributed by atoms with Crippen molar-refractivity contribution >= 4 is 28.4 Å². The number of nitrogens with zero attached hydrogens (tertiary/aromatic N) is 7. The van der Waals surface area contributed by atoms with Gasteiger partial charge in [-0.3, -0.25) is 9.67 Å². The van der Waals surface area contributed by atoms with Gasteiger partial charge < -0.3 is 0 Å². The summed E-state index contributed by atoms with van der Waals surface area (Å²) in [4.78, 5) is 4.84. The van der Waals surface area contributed by atoms with Crippen molar-refractivity contribution < 1.29 is 0 Å². The fourth-order valence-electron chi connectivity index (χ4n) is 2.06. The van der Waals surface area contributed by atoms with Crippen molar-refractivity contribution in [1.82, 2.24) is 34.6 Å². The molecule has 0 atom stereocenters. The van der Waals surface area contributed by atoms with Crippen LogP contribution in [0, 0.1) is 0 Å². The first-order valence-corrected chi connectivity index (χ1v) is 7.40. The number of rotatable bonds is 3. The normalized spacial score (nSPS) is 11.7. The highest BCUT2D eigenvalue weighted by molar-refractivity contribution is 7.17. The summed E-state index contributed by atoms with van der Waals surface area (Å²) in [7, 11) is 1.87. The second kappa shape index (κ2) is 5.15. The molecule has 8 heteroatoms. The van der Waals surface area contributed by atoms with Crippen LogP contribution in [0.2, 0.25) is 0 Å². The fourth-order valence-corrected chi connectivity index (χ4v) is 2.80. The molecule has 0 amide bonds. The molecular formula is C14H11N7S. The topological polar surface area (TPSA) is 73.8 Å². The first kappa shape index (κ1) is 12.8. The molecular weight excluding hydrogens is 298 g/mol. The molecule has 0 fully saturated rings. The van der Waals surface area contributed by atoms with Crippen LogP contribution in [0.1, 0.15) is 10.6 Å². The Balaban J connectivity index is 1.70. The van der Waals surface area contributed by atoms with Crippen LogP contribution in [0.15, 0.2) is 36.9 Å². The number of hydrogen-bond donors (Lipinski definition) is 0. The summed E-state index contributed by atoms with van der Waals surface area (Å²) in [6.45, 7) is 0. The largest absolute Gasteiger partial charge is 0.275 e. The molecule has 0 aliphatic heterocycles. The minimum Gasteiger partial charge on any atom is -0.275 e. The van der Waals surface area contributed by atoms with Crippen molar-refractivity contribution in [3.8, 4) is 11.4 Å². The Bertz CT molecular complexity index is 948. The quantitative estimate of drug-likeness (QED) is 0.580. The zero-order valence-electron chi connectivity index (χ0n) is 11.7. The predicted molar refractivity (Wildman–Crippen MR) is 84.0 cm³/mol. The summed E-state index contributed by atoms with van der Waals surface area (Å²) in [5.41, 5.74) is 1.92. The molecule has 0 saturated carbocycles. The van der Waals surface area contributed by atoms with Gasteiger partial charge in [-0.25, -0.2) is 0 Å². The Morgan fingerprint density at radius 2 is 2.14 bits per heavy atom. The van der Waals surface area contributed by atoms with Gasteiger partial charge in [-0.05, 0) is 17.7 Å². The molecule has 0 unspecified atom stereocenters. The van der Waals surface area contributed by atoms with Gasteiger partial charge in [-0.15, -0.1) is 10.2 Å². The van der Waals surface area contributed by atoms with Crippen LogP contribution in [-0.4, -0.2) is 34.6 Å². The van der Waals surface area contributed by atoms with E-state index in [4.69, 9.17) is 0 Å². The third-order valence-corrected chi connectivity index (χ3v) is 3.94. The highest BCUT2D eigenvalue weighted by Crippen LogP contribution is 2.22. The standard InChI is InChI=1S/C14H11N7S/c1-20-9-11(8-16-20)13-17-18-14-21(13)19-12(22-14)5-4-10-3-2-6-15-7-10/h2-9H,1H3. The van der Waals surface area contributed by atoms with Crippen molar-refractivity contribution in [2.45, 2.75) is 0 Å². The average Bonchev–Trinajstić information content (AvgIpc) is 3.21. The van der Waals surface area contributed by atoms with Gasteiger partial charge in [0.15, 0.2) is 5.82 Å². The highest BCUT2D eigenvalue weighted by Gasteiger charge is 2.13. The van der Waals surface area contributed by atoms with E-state index in [-0.39, 0.29) is 0 Å². The Labute approximate surface area is 129 Å². The van der Waals surface area contributed by atoms with Crippen molar-refractivity contribution in [3.63, 3.8) is 0 Å². The summed E-state index contributed by atoms with van der Waals surface area (Å²) in [6, 6.07) is 3.89. The van der Waals surface area contributed by atoms with Gasteiger partial charge in [-0.1, -0.05) is 23.5 Å². The summed E-state index contributed by atoms with van der Waals surface area (Å²) >= 11 is 1.48. The van der Waals surface area contributed by atoms with E-state index in [1.54, 1.807) is 27.8 Å². The summed E-state index contributed by atoms with van der Waals surface area (Å²) in [5, 5.41) is 17.9. The van der Waals surface area contributed by atoms with Crippen LogP contribution < -0.4 is 0 Å². The zero-order chi connectivity index (χ0) is 14.9.